The molecule has 0 atom stereocenters. The van der Waals surface area contributed by atoms with Gasteiger partial charge in [-0.15, -0.1) is 0 Å². The number of hydrogen-bond donors (Lipinski definition) is 1. The molecule has 0 unspecified atom stereocenters. The summed E-state index contributed by atoms with van der Waals surface area (Å²) in [5.41, 5.74) is 4.80. The van der Waals surface area contributed by atoms with Gasteiger partial charge in [0, 0.05) is 12.2 Å². The fourth-order valence-electron chi connectivity index (χ4n) is 0.562. The number of cyclic esters (lactones) is 2. The van der Waals surface area contributed by atoms with E-state index >= 15 is 0 Å². The van der Waals surface area contributed by atoms with Gasteiger partial charge >= 0.3 is 11.9 Å². The quantitative estimate of drug-likeness (QED) is 0.524. The summed E-state index contributed by atoms with van der Waals surface area (Å²) in [6, 6.07) is 0. The van der Waals surface area contributed by atoms with Gasteiger partial charge in [0.25, 0.3) is 5.91 Å². The summed E-state index contributed by atoms with van der Waals surface area (Å²) in [5, 5.41) is 0. The molecule has 68 valence electrons. The third kappa shape index (κ3) is 2.44. The number of carbonyl (C=O) groups is 3. The zero-order chi connectivity index (χ0) is 9.84. The third-order valence-electron chi connectivity index (χ3n) is 1.09. The Labute approximate surface area is 72.6 Å². The lowest BCUT2D eigenvalue weighted by Gasteiger charge is -2.04. The molecule has 0 saturated heterocycles. The molecule has 0 bridgehead atoms. The summed E-state index contributed by atoms with van der Waals surface area (Å²) >= 11 is 0. The van der Waals surface area contributed by atoms with Crippen molar-refractivity contribution in [2.24, 2.45) is 5.73 Å². The predicted molar refractivity (Wildman–Crippen MR) is 38.6 cm³/mol. The Bertz CT molecular complexity index is 328. The van der Waals surface area contributed by atoms with E-state index in [1.165, 1.54) is 0 Å². The van der Waals surface area contributed by atoms with Crippen molar-refractivity contribution in [1.82, 2.24) is 0 Å². The number of ether oxygens (including phenoxy) is 2. The molecule has 0 aromatic heterocycles. The summed E-state index contributed by atoms with van der Waals surface area (Å²) in [4.78, 5) is 31.9. The average Bonchev–Trinajstić information content (AvgIpc) is 2.05. The van der Waals surface area contributed by atoms with Crippen LogP contribution in [0.4, 0.5) is 0 Å². The van der Waals surface area contributed by atoms with Gasteiger partial charge in [0.15, 0.2) is 0 Å². The van der Waals surface area contributed by atoms with Gasteiger partial charge < -0.3 is 15.2 Å². The summed E-state index contributed by atoms with van der Waals surface area (Å²) in [7, 11) is 0. The Morgan fingerprint density at radius 3 is 2.46 bits per heavy atom. The molecule has 1 rings (SSSR count). The molecule has 1 aliphatic rings. The van der Waals surface area contributed by atoms with Crippen molar-refractivity contribution in [3.05, 3.63) is 24.2 Å². The lowest BCUT2D eigenvalue weighted by atomic mass is 10.4. The number of amides is 1. The van der Waals surface area contributed by atoms with Crippen LogP contribution in [0.25, 0.3) is 0 Å². The zero-order valence-corrected chi connectivity index (χ0v) is 6.35. The first-order valence-corrected chi connectivity index (χ1v) is 3.20. The first-order chi connectivity index (χ1) is 6.09. The first kappa shape index (κ1) is 8.98. The van der Waals surface area contributed by atoms with E-state index in [1.807, 2.05) is 0 Å². The minimum atomic E-state index is -0.989. The monoisotopic (exact) mass is 183 g/mol. The molecule has 1 aliphatic heterocycles. The van der Waals surface area contributed by atoms with Gasteiger partial charge in [0.1, 0.15) is 6.26 Å². The van der Waals surface area contributed by atoms with Crippen molar-refractivity contribution in [3.8, 4) is 0 Å². The average molecular weight is 183 g/mol. The Morgan fingerprint density at radius 1 is 1.23 bits per heavy atom. The predicted octanol–water partition coefficient (Wildman–Crippen LogP) is -1.03. The SMILES string of the molecule is NC(=O)/C1=C/OC(=O)/C=C\C(=O)O1. The van der Waals surface area contributed by atoms with E-state index in [0.29, 0.717) is 6.26 Å². The standard InChI is InChI=1S/C7H5NO5/c8-7(11)4-3-12-5(9)1-2-6(10)13-4/h1-3H,(H2,8,11)/b2-1-,4-3-. The zero-order valence-electron chi connectivity index (χ0n) is 6.35. The maximum Gasteiger partial charge on any atom is 0.336 e. The van der Waals surface area contributed by atoms with Gasteiger partial charge in [-0.05, 0) is 0 Å². The van der Waals surface area contributed by atoms with Crippen molar-refractivity contribution in [2.75, 3.05) is 0 Å². The second-order valence-electron chi connectivity index (χ2n) is 2.04. The van der Waals surface area contributed by atoms with Gasteiger partial charge in [-0.1, -0.05) is 0 Å². The molecule has 0 fully saturated rings. The molecule has 6 heteroatoms. The molecule has 1 amide bonds. The number of primary amides is 1. The van der Waals surface area contributed by atoms with Crippen LogP contribution in [0.3, 0.4) is 0 Å². The van der Waals surface area contributed by atoms with Crippen LogP contribution in [-0.4, -0.2) is 17.8 Å². The Hall–Kier alpha value is -2.11. The highest BCUT2D eigenvalue weighted by molar-refractivity contribution is 5.98. The van der Waals surface area contributed by atoms with Crippen LogP contribution in [0, 0.1) is 0 Å². The van der Waals surface area contributed by atoms with E-state index in [0.717, 1.165) is 12.2 Å². The molecule has 0 aromatic carbocycles. The van der Waals surface area contributed by atoms with E-state index in [9.17, 15) is 14.4 Å². The van der Waals surface area contributed by atoms with Crippen LogP contribution in [0.2, 0.25) is 0 Å². The smallest absolute Gasteiger partial charge is 0.336 e. The lowest BCUT2D eigenvalue weighted by Crippen LogP contribution is -2.20. The molecule has 2 N–H and O–H groups in total. The van der Waals surface area contributed by atoms with Gasteiger partial charge in [0.05, 0.1) is 0 Å². The van der Waals surface area contributed by atoms with Crippen LogP contribution in [0.15, 0.2) is 24.2 Å². The Balaban J connectivity index is 2.88. The summed E-state index contributed by atoms with van der Waals surface area (Å²) < 4.78 is 8.72. The van der Waals surface area contributed by atoms with Crippen molar-refractivity contribution >= 4 is 17.8 Å². The molecular weight excluding hydrogens is 178 g/mol. The summed E-state index contributed by atoms with van der Waals surface area (Å²) in [6.45, 7) is 0. The Kier molecular flexibility index (Phi) is 2.44. The van der Waals surface area contributed by atoms with E-state index in [2.05, 4.69) is 9.47 Å². The third-order valence-corrected chi connectivity index (χ3v) is 1.09. The molecule has 0 radical (unpaired) electrons. The van der Waals surface area contributed by atoms with Gasteiger partial charge in [-0.25, -0.2) is 9.59 Å². The highest BCUT2D eigenvalue weighted by Crippen LogP contribution is 2.02. The number of rotatable bonds is 1. The van der Waals surface area contributed by atoms with E-state index in [4.69, 9.17) is 5.73 Å². The minimum Gasteiger partial charge on any atom is -0.427 e. The van der Waals surface area contributed by atoms with Gasteiger partial charge in [-0.3, -0.25) is 4.79 Å². The van der Waals surface area contributed by atoms with Crippen LogP contribution >= 0.6 is 0 Å². The molecular formula is C7H5NO5. The molecule has 0 spiro atoms. The largest absolute Gasteiger partial charge is 0.427 e. The number of nitrogens with two attached hydrogens (primary N) is 1. The van der Waals surface area contributed by atoms with E-state index in [-0.39, 0.29) is 0 Å². The lowest BCUT2D eigenvalue weighted by molar-refractivity contribution is -0.140. The number of hydrogen-bond acceptors (Lipinski definition) is 5. The molecule has 0 aromatic rings. The molecule has 1 heterocycles. The molecule has 13 heavy (non-hydrogen) atoms. The maximum absolute atomic E-state index is 10.7. The fourth-order valence-corrected chi connectivity index (χ4v) is 0.562. The Morgan fingerprint density at radius 2 is 1.85 bits per heavy atom. The molecule has 6 nitrogen and oxygen atoms in total. The summed E-state index contributed by atoms with van der Waals surface area (Å²) in [6.07, 6.45) is 2.39. The second kappa shape index (κ2) is 3.53. The van der Waals surface area contributed by atoms with Crippen LogP contribution in [-0.2, 0) is 23.9 Å². The van der Waals surface area contributed by atoms with E-state index in [1.54, 1.807) is 0 Å². The topological polar surface area (TPSA) is 95.7 Å². The first-order valence-electron chi connectivity index (χ1n) is 3.20. The van der Waals surface area contributed by atoms with Crippen LogP contribution in [0.5, 0.6) is 0 Å². The van der Waals surface area contributed by atoms with Crippen LogP contribution in [0.1, 0.15) is 0 Å². The molecule has 0 saturated carbocycles. The van der Waals surface area contributed by atoms with Gasteiger partial charge in [0.2, 0.25) is 5.76 Å². The summed E-state index contributed by atoms with van der Waals surface area (Å²) in [5.74, 6) is -3.14. The van der Waals surface area contributed by atoms with Crippen molar-refractivity contribution in [3.63, 3.8) is 0 Å². The normalized spacial score (nSPS) is 22.9. The van der Waals surface area contributed by atoms with Crippen molar-refractivity contribution in [1.29, 1.82) is 0 Å². The number of esters is 2. The maximum atomic E-state index is 10.7. The minimum absolute atomic E-state index is 0.511. The number of carbonyl (C=O) groups excluding carboxylic acids is 3. The second-order valence-corrected chi connectivity index (χ2v) is 2.04. The van der Waals surface area contributed by atoms with Crippen LogP contribution < -0.4 is 5.73 Å². The van der Waals surface area contributed by atoms with Crippen molar-refractivity contribution in [2.45, 2.75) is 0 Å². The van der Waals surface area contributed by atoms with Crippen molar-refractivity contribution < 1.29 is 23.9 Å². The fraction of sp³-hybridized carbons (Fsp3) is 0. The molecule has 0 aliphatic carbocycles. The highest BCUT2D eigenvalue weighted by atomic mass is 16.6. The van der Waals surface area contributed by atoms with E-state index < -0.39 is 23.6 Å². The highest BCUT2D eigenvalue weighted by Gasteiger charge is 2.14. The van der Waals surface area contributed by atoms with Gasteiger partial charge in [-0.2, -0.15) is 0 Å².